The lowest BCUT2D eigenvalue weighted by molar-refractivity contribution is 0.189. The Hall–Kier alpha value is -1.06. The molecule has 2 aromatic rings. The van der Waals surface area contributed by atoms with Crippen molar-refractivity contribution in [1.82, 2.24) is 0 Å². The number of furan rings is 1. The summed E-state index contributed by atoms with van der Waals surface area (Å²) in [5.74, 6) is 0.566. The number of halogens is 1. The number of hydrogen-bond acceptors (Lipinski definition) is 2. The molecule has 3 heteroatoms. The molecule has 1 aromatic carbocycles. The summed E-state index contributed by atoms with van der Waals surface area (Å²) in [6.07, 6.45) is 0.872. The van der Waals surface area contributed by atoms with Crippen LogP contribution in [0.4, 0.5) is 0 Å². The largest absolute Gasteiger partial charge is 0.466 e. The van der Waals surface area contributed by atoms with Crippen molar-refractivity contribution in [3.63, 3.8) is 0 Å². The fraction of sp³-hybridized carbons (Fsp3) is 0.167. The predicted octanol–water partition coefficient (Wildman–Crippen LogP) is 3.43. The maximum atomic E-state index is 9.99. The summed E-state index contributed by atoms with van der Waals surface area (Å²) in [6, 6.07) is 9.28. The fourth-order valence-electron chi connectivity index (χ4n) is 1.45. The smallest absolute Gasteiger partial charge is 0.137 e. The van der Waals surface area contributed by atoms with E-state index < -0.39 is 6.10 Å². The number of benzene rings is 1. The molecule has 0 aliphatic rings. The summed E-state index contributed by atoms with van der Waals surface area (Å²) < 4.78 is 6.20. The average molecular weight is 267 g/mol. The zero-order valence-electron chi connectivity index (χ0n) is 8.27. The van der Waals surface area contributed by atoms with Gasteiger partial charge in [-0.15, -0.1) is 0 Å². The second kappa shape index (κ2) is 4.21. The molecule has 1 heterocycles. The number of aliphatic hydroxyl groups is 1. The first-order chi connectivity index (χ1) is 7.18. The molecule has 2 nitrogen and oxygen atoms in total. The van der Waals surface area contributed by atoms with E-state index in [4.69, 9.17) is 4.42 Å². The third-order valence-electron chi connectivity index (χ3n) is 2.31. The van der Waals surface area contributed by atoms with Gasteiger partial charge in [0.15, 0.2) is 0 Å². The molecule has 0 saturated carbocycles. The van der Waals surface area contributed by atoms with Gasteiger partial charge in [-0.3, -0.25) is 0 Å². The topological polar surface area (TPSA) is 33.4 Å². The molecule has 2 rings (SSSR count). The van der Waals surface area contributed by atoms with Crippen LogP contribution in [0.1, 0.15) is 23.0 Å². The van der Waals surface area contributed by atoms with Crippen molar-refractivity contribution in [1.29, 1.82) is 0 Å². The third-order valence-corrected chi connectivity index (χ3v) is 3.20. The molecule has 1 atom stereocenters. The highest BCUT2D eigenvalue weighted by atomic mass is 79.9. The standard InChI is InChI=1S/C12H11BrO2/c1-8-7-9(4-5-10(8)13)12(14)11-3-2-6-15-11/h2-7,12,14H,1H3. The molecule has 0 saturated heterocycles. The number of hydrogen-bond donors (Lipinski definition) is 1. The molecule has 0 fully saturated rings. The van der Waals surface area contributed by atoms with E-state index in [1.165, 1.54) is 0 Å². The van der Waals surface area contributed by atoms with Crippen molar-refractivity contribution in [3.05, 3.63) is 58.0 Å². The van der Waals surface area contributed by atoms with Crippen LogP contribution in [0.15, 0.2) is 45.5 Å². The zero-order valence-corrected chi connectivity index (χ0v) is 9.86. The van der Waals surface area contributed by atoms with Gasteiger partial charge in [0.1, 0.15) is 11.9 Å². The van der Waals surface area contributed by atoms with Crippen LogP contribution < -0.4 is 0 Å². The van der Waals surface area contributed by atoms with Gasteiger partial charge < -0.3 is 9.52 Å². The quantitative estimate of drug-likeness (QED) is 0.904. The van der Waals surface area contributed by atoms with Gasteiger partial charge in [-0.25, -0.2) is 0 Å². The molecule has 0 aliphatic heterocycles. The lowest BCUT2D eigenvalue weighted by Crippen LogP contribution is -1.98. The SMILES string of the molecule is Cc1cc(C(O)c2ccco2)ccc1Br. The fourth-order valence-corrected chi connectivity index (χ4v) is 1.70. The first kappa shape index (κ1) is 10.5. The maximum Gasteiger partial charge on any atom is 0.137 e. The van der Waals surface area contributed by atoms with Crippen LogP contribution in [-0.4, -0.2) is 5.11 Å². The molecule has 78 valence electrons. The maximum absolute atomic E-state index is 9.99. The van der Waals surface area contributed by atoms with E-state index in [1.807, 2.05) is 25.1 Å². The summed E-state index contributed by atoms with van der Waals surface area (Å²) in [4.78, 5) is 0. The van der Waals surface area contributed by atoms with E-state index in [9.17, 15) is 5.11 Å². The molecular formula is C12H11BrO2. The van der Waals surface area contributed by atoms with Crippen LogP contribution in [0.5, 0.6) is 0 Å². The molecule has 0 bridgehead atoms. The van der Waals surface area contributed by atoms with Gasteiger partial charge >= 0.3 is 0 Å². The van der Waals surface area contributed by atoms with Gasteiger partial charge in [-0.2, -0.15) is 0 Å². The molecular weight excluding hydrogens is 256 g/mol. The van der Waals surface area contributed by atoms with Crippen molar-refractivity contribution in [2.75, 3.05) is 0 Å². The van der Waals surface area contributed by atoms with Gasteiger partial charge in [0.05, 0.1) is 6.26 Å². The van der Waals surface area contributed by atoms with Crippen molar-refractivity contribution < 1.29 is 9.52 Å². The van der Waals surface area contributed by atoms with Crippen molar-refractivity contribution in [2.45, 2.75) is 13.0 Å². The summed E-state index contributed by atoms with van der Waals surface area (Å²) in [7, 11) is 0. The van der Waals surface area contributed by atoms with Crippen LogP contribution in [0, 0.1) is 6.92 Å². The minimum Gasteiger partial charge on any atom is -0.466 e. The van der Waals surface area contributed by atoms with E-state index in [-0.39, 0.29) is 0 Å². The lowest BCUT2D eigenvalue weighted by Gasteiger charge is -2.09. The van der Waals surface area contributed by atoms with E-state index >= 15 is 0 Å². The molecule has 1 N–H and O–H groups in total. The van der Waals surface area contributed by atoms with E-state index in [1.54, 1.807) is 18.4 Å². The predicted molar refractivity (Wildman–Crippen MR) is 61.6 cm³/mol. The molecule has 0 aliphatic carbocycles. The molecule has 1 aromatic heterocycles. The van der Waals surface area contributed by atoms with Gasteiger partial charge in [-0.1, -0.05) is 28.1 Å². The normalized spacial score (nSPS) is 12.7. The minimum atomic E-state index is -0.688. The number of aliphatic hydroxyl groups excluding tert-OH is 1. The summed E-state index contributed by atoms with van der Waals surface area (Å²) >= 11 is 3.42. The Kier molecular flexibility index (Phi) is 2.93. The Morgan fingerprint density at radius 3 is 2.73 bits per heavy atom. The summed E-state index contributed by atoms with van der Waals surface area (Å²) in [5.41, 5.74) is 1.93. The highest BCUT2D eigenvalue weighted by molar-refractivity contribution is 9.10. The molecule has 0 radical (unpaired) electrons. The minimum absolute atomic E-state index is 0.566. The first-order valence-electron chi connectivity index (χ1n) is 4.66. The van der Waals surface area contributed by atoms with Crippen LogP contribution in [0.3, 0.4) is 0 Å². The van der Waals surface area contributed by atoms with Crippen LogP contribution >= 0.6 is 15.9 Å². The average Bonchev–Trinajstić information content (AvgIpc) is 2.74. The Labute approximate surface area is 96.7 Å². The molecule has 15 heavy (non-hydrogen) atoms. The zero-order chi connectivity index (χ0) is 10.8. The molecule has 0 spiro atoms. The Balaban J connectivity index is 2.34. The van der Waals surface area contributed by atoms with Crippen molar-refractivity contribution >= 4 is 15.9 Å². The van der Waals surface area contributed by atoms with Crippen LogP contribution in [-0.2, 0) is 0 Å². The van der Waals surface area contributed by atoms with Gasteiger partial charge in [0, 0.05) is 4.47 Å². The highest BCUT2D eigenvalue weighted by Crippen LogP contribution is 2.25. The third kappa shape index (κ3) is 2.13. The second-order valence-corrected chi connectivity index (χ2v) is 4.28. The second-order valence-electron chi connectivity index (χ2n) is 3.43. The lowest BCUT2D eigenvalue weighted by atomic mass is 10.1. The Bertz CT molecular complexity index is 449. The monoisotopic (exact) mass is 266 g/mol. The van der Waals surface area contributed by atoms with Crippen LogP contribution in [0.25, 0.3) is 0 Å². The summed E-state index contributed by atoms with van der Waals surface area (Å²) in [6.45, 7) is 1.99. The van der Waals surface area contributed by atoms with E-state index in [0.29, 0.717) is 5.76 Å². The van der Waals surface area contributed by atoms with Crippen molar-refractivity contribution in [2.24, 2.45) is 0 Å². The Morgan fingerprint density at radius 2 is 2.13 bits per heavy atom. The summed E-state index contributed by atoms with van der Waals surface area (Å²) in [5, 5.41) is 9.99. The number of aryl methyl sites for hydroxylation is 1. The molecule has 1 unspecified atom stereocenters. The van der Waals surface area contributed by atoms with E-state index in [0.717, 1.165) is 15.6 Å². The Morgan fingerprint density at radius 1 is 1.33 bits per heavy atom. The van der Waals surface area contributed by atoms with Gasteiger partial charge in [0.2, 0.25) is 0 Å². The van der Waals surface area contributed by atoms with Gasteiger partial charge in [0.25, 0.3) is 0 Å². The van der Waals surface area contributed by atoms with Gasteiger partial charge in [-0.05, 0) is 36.2 Å². The molecule has 0 amide bonds. The van der Waals surface area contributed by atoms with E-state index in [2.05, 4.69) is 15.9 Å². The first-order valence-corrected chi connectivity index (χ1v) is 5.45. The number of rotatable bonds is 2. The highest BCUT2D eigenvalue weighted by Gasteiger charge is 2.13. The van der Waals surface area contributed by atoms with Crippen molar-refractivity contribution in [3.8, 4) is 0 Å². The van der Waals surface area contributed by atoms with Crippen LogP contribution in [0.2, 0.25) is 0 Å².